The van der Waals surface area contributed by atoms with Gasteiger partial charge in [-0.2, -0.15) is 4.39 Å². The summed E-state index contributed by atoms with van der Waals surface area (Å²) in [5.74, 6) is -2.79. The molecule has 0 aliphatic heterocycles. The van der Waals surface area contributed by atoms with Crippen LogP contribution in [0.5, 0.6) is 0 Å². The Kier molecular flexibility index (Phi) is 2.93. The highest BCUT2D eigenvalue weighted by atomic mass is 79.9. The quantitative estimate of drug-likeness (QED) is 0.821. The van der Waals surface area contributed by atoms with Gasteiger partial charge < -0.3 is 5.11 Å². The SMILES string of the molecule is O=C(O)/C(F)=C\c1nc(Br)cs1. The lowest BCUT2D eigenvalue weighted by atomic mass is 10.5. The van der Waals surface area contributed by atoms with E-state index in [4.69, 9.17) is 5.11 Å². The molecule has 0 spiro atoms. The molecule has 12 heavy (non-hydrogen) atoms. The Morgan fingerprint density at radius 2 is 2.50 bits per heavy atom. The minimum Gasteiger partial charge on any atom is -0.476 e. The van der Waals surface area contributed by atoms with E-state index < -0.39 is 11.8 Å². The molecule has 3 nitrogen and oxygen atoms in total. The normalized spacial score (nSPS) is 11.7. The molecule has 1 N–H and O–H groups in total. The van der Waals surface area contributed by atoms with Crippen LogP contribution in [0.4, 0.5) is 4.39 Å². The molecule has 0 radical (unpaired) electrons. The number of carboxylic acids is 1. The van der Waals surface area contributed by atoms with Gasteiger partial charge >= 0.3 is 5.97 Å². The van der Waals surface area contributed by atoms with Crippen LogP contribution < -0.4 is 0 Å². The lowest BCUT2D eigenvalue weighted by Crippen LogP contribution is -1.93. The molecule has 1 aromatic rings. The van der Waals surface area contributed by atoms with Crippen molar-refractivity contribution < 1.29 is 14.3 Å². The van der Waals surface area contributed by atoms with Gasteiger partial charge in [0.2, 0.25) is 5.83 Å². The van der Waals surface area contributed by atoms with E-state index in [9.17, 15) is 9.18 Å². The fourth-order valence-electron chi connectivity index (χ4n) is 0.503. The third kappa shape index (κ3) is 2.38. The number of hydrogen-bond donors (Lipinski definition) is 1. The van der Waals surface area contributed by atoms with Crippen LogP contribution in [0.1, 0.15) is 5.01 Å². The Morgan fingerprint density at radius 1 is 1.83 bits per heavy atom. The predicted octanol–water partition coefficient (Wildman–Crippen LogP) is 2.30. The monoisotopic (exact) mass is 251 g/mol. The van der Waals surface area contributed by atoms with Crippen LogP contribution in [0.15, 0.2) is 15.8 Å². The second kappa shape index (κ2) is 3.77. The summed E-state index contributed by atoms with van der Waals surface area (Å²) in [5.41, 5.74) is 0. The molecule has 0 atom stereocenters. The number of aliphatic carboxylic acids is 1. The number of carbonyl (C=O) groups is 1. The van der Waals surface area contributed by atoms with Crippen LogP contribution in [0.25, 0.3) is 6.08 Å². The Bertz CT molecular complexity index is 336. The Hall–Kier alpha value is -0.750. The second-order valence-electron chi connectivity index (χ2n) is 1.81. The third-order valence-corrected chi connectivity index (χ3v) is 2.45. The van der Waals surface area contributed by atoms with Crippen molar-refractivity contribution in [2.24, 2.45) is 0 Å². The van der Waals surface area contributed by atoms with Crippen molar-refractivity contribution in [3.63, 3.8) is 0 Å². The van der Waals surface area contributed by atoms with Crippen LogP contribution >= 0.6 is 27.3 Å². The molecule has 1 heterocycles. The van der Waals surface area contributed by atoms with Gasteiger partial charge in [-0.15, -0.1) is 11.3 Å². The van der Waals surface area contributed by atoms with Crippen LogP contribution in [0.2, 0.25) is 0 Å². The molecule has 0 fully saturated rings. The van der Waals surface area contributed by atoms with Gasteiger partial charge in [-0.1, -0.05) is 0 Å². The summed E-state index contributed by atoms with van der Waals surface area (Å²) in [5, 5.41) is 10.1. The van der Waals surface area contributed by atoms with Gasteiger partial charge in [0, 0.05) is 11.5 Å². The summed E-state index contributed by atoms with van der Waals surface area (Å²) in [4.78, 5) is 13.8. The Morgan fingerprint density at radius 3 is 2.92 bits per heavy atom. The summed E-state index contributed by atoms with van der Waals surface area (Å²) in [6.07, 6.45) is 0.873. The molecule has 0 aliphatic carbocycles. The average Bonchev–Trinajstić information content (AvgIpc) is 2.35. The fraction of sp³-hybridized carbons (Fsp3) is 0. The number of rotatable bonds is 2. The van der Waals surface area contributed by atoms with Crippen molar-refractivity contribution in [2.75, 3.05) is 0 Å². The van der Waals surface area contributed by atoms with Crippen LogP contribution in [-0.4, -0.2) is 16.1 Å². The highest BCUT2D eigenvalue weighted by molar-refractivity contribution is 9.10. The molecule has 1 aromatic heterocycles. The van der Waals surface area contributed by atoms with Gasteiger partial charge in [0.05, 0.1) is 0 Å². The molecular weight excluding hydrogens is 249 g/mol. The van der Waals surface area contributed by atoms with Crippen molar-refractivity contribution >= 4 is 39.3 Å². The fourth-order valence-corrected chi connectivity index (χ4v) is 1.69. The number of aromatic nitrogens is 1. The molecule has 64 valence electrons. The van der Waals surface area contributed by atoms with Gasteiger partial charge in [-0.05, 0) is 15.9 Å². The molecule has 0 saturated heterocycles. The first-order chi connectivity index (χ1) is 5.59. The van der Waals surface area contributed by atoms with Crippen LogP contribution in [0.3, 0.4) is 0 Å². The number of nitrogens with zero attached hydrogens (tertiary/aromatic N) is 1. The molecule has 1 rings (SSSR count). The Balaban J connectivity index is 2.87. The van der Waals surface area contributed by atoms with E-state index in [-0.39, 0.29) is 0 Å². The molecule has 0 saturated carbocycles. The lowest BCUT2D eigenvalue weighted by molar-refractivity contribution is -0.134. The summed E-state index contributed by atoms with van der Waals surface area (Å²) < 4.78 is 13.0. The van der Waals surface area contributed by atoms with E-state index in [2.05, 4.69) is 20.9 Å². The molecule has 0 bridgehead atoms. The van der Waals surface area contributed by atoms with Crippen molar-refractivity contribution in [1.29, 1.82) is 0 Å². The maximum absolute atomic E-state index is 12.4. The molecule has 0 aromatic carbocycles. The Labute approximate surface area is 79.7 Å². The van der Waals surface area contributed by atoms with E-state index in [1.54, 1.807) is 5.38 Å². The number of hydrogen-bond acceptors (Lipinski definition) is 3. The van der Waals surface area contributed by atoms with Gasteiger partial charge in [-0.25, -0.2) is 9.78 Å². The lowest BCUT2D eigenvalue weighted by Gasteiger charge is -1.84. The zero-order chi connectivity index (χ0) is 9.14. The molecule has 0 unspecified atom stereocenters. The zero-order valence-electron chi connectivity index (χ0n) is 5.62. The summed E-state index contributed by atoms with van der Waals surface area (Å²) in [7, 11) is 0. The van der Waals surface area contributed by atoms with Crippen molar-refractivity contribution in [3.05, 3.63) is 20.8 Å². The highest BCUT2D eigenvalue weighted by Crippen LogP contribution is 2.17. The van der Waals surface area contributed by atoms with Crippen LogP contribution in [0, 0.1) is 0 Å². The maximum atomic E-state index is 12.4. The summed E-state index contributed by atoms with van der Waals surface area (Å²) in [6.45, 7) is 0. The van der Waals surface area contributed by atoms with E-state index >= 15 is 0 Å². The molecule has 0 aliphatic rings. The van der Waals surface area contributed by atoms with Crippen molar-refractivity contribution in [3.8, 4) is 0 Å². The first-order valence-corrected chi connectivity index (χ1v) is 4.48. The zero-order valence-corrected chi connectivity index (χ0v) is 8.02. The van der Waals surface area contributed by atoms with E-state index in [1.807, 2.05) is 0 Å². The van der Waals surface area contributed by atoms with E-state index in [1.165, 1.54) is 0 Å². The molecular formula is C6H3BrFNO2S. The minimum atomic E-state index is -1.58. The van der Waals surface area contributed by atoms with Crippen molar-refractivity contribution in [2.45, 2.75) is 0 Å². The van der Waals surface area contributed by atoms with Gasteiger partial charge in [0.25, 0.3) is 0 Å². The smallest absolute Gasteiger partial charge is 0.364 e. The van der Waals surface area contributed by atoms with Gasteiger partial charge in [0.1, 0.15) is 9.61 Å². The first kappa shape index (κ1) is 9.34. The maximum Gasteiger partial charge on any atom is 0.364 e. The molecule has 0 amide bonds. The largest absolute Gasteiger partial charge is 0.476 e. The highest BCUT2D eigenvalue weighted by Gasteiger charge is 2.06. The summed E-state index contributed by atoms with van der Waals surface area (Å²) >= 11 is 4.22. The summed E-state index contributed by atoms with van der Waals surface area (Å²) in [6, 6.07) is 0. The topological polar surface area (TPSA) is 50.2 Å². The van der Waals surface area contributed by atoms with Gasteiger partial charge in [-0.3, -0.25) is 0 Å². The number of thiazole rings is 1. The van der Waals surface area contributed by atoms with Crippen LogP contribution in [-0.2, 0) is 4.79 Å². The molecule has 6 heteroatoms. The second-order valence-corrected chi connectivity index (χ2v) is 3.51. The third-order valence-electron chi connectivity index (χ3n) is 0.948. The standard InChI is InChI=1S/C6H3BrFNO2S/c7-4-2-12-5(9-4)1-3(8)6(10)11/h1-2H,(H,10,11)/b3-1+. The number of halogens is 2. The number of carboxylic acid groups (broad SMARTS) is 1. The predicted molar refractivity (Wildman–Crippen MR) is 46.5 cm³/mol. The minimum absolute atomic E-state index is 0.321. The van der Waals surface area contributed by atoms with E-state index in [0.29, 0.717) is 9.61 Å². The first-order valence-electron chi connectivity index (χ1n) is 2.81. The van der Waals surface area contributed by atoms with Gasteiger partial charge in [0.15, 0.2) is 0 Å². The van der Waals surface area contributed by atoms with Crippen molar-refractivity contribution in [1.82, 2.24) is 4.98 Å². The van der Waals surface area contributed by atoms with E-state index in [0.717, 1.165) is 17.4 Å². The average molecular weight is 252 g/mol.